The molecule has 9 heteroatoms. The third kappa shape index (κ3) is 5.56. The van der Waals surface area contributed by atoms with Crippen LogP contribution >= 0.6 is 31.9 Å². The molecule has 2 aliphatic rings. The first-order chi connectivity index (χ1) is 13.3. The van der Waals surface area contributed by atoms with Crippen molar-refractivity contribution in [1.82, 2.24) is 14.9 Å². The van der Waals surface area contributed by atoms with E-state index in [0.717, 1.165) is 25.7 Å². The lowest BCUT2D eigenvalue weighted by atomic mass is 9.88. The first kappa shape index (κ1) is 22.2. The Morgan fingerprint density at radius 2 is 1.93 bits per heavy atom. The summed E-state index contributed by atoms with van der Waals surface area (Å²) >= 11 is 6.65. The molecule has 1 aromatic carbocycles. The van der Waals surface area contributed by atoms with Gasteiger partial charge in [-0.1, -0.05) is 35.2 Å². The number of sulfonamides is 1. The number of amides is 1. The zero-order valence-corrected chi connectivity index (χ0v) is 19.9. The normalized spacial score (nSPS) is 24.4. The Labute approximate surface area is 184 Å². The number of likely N-dealkylation sites (N-methyl/N-ethyl adjacent to an activating group) is 1. The lowest BCUT2D eigenvalue weighted by Crippen LogP contribution is -2.41. The lowest BCUT2D eigenvalue weighted by molar-refractivity contribution is -0.126. The summed E-state index contributed by atoms with van der Waals surface area (Å²) in [5, 5.41) is 3.08. The Morgan fingerprint density at radius 3 is 2.64 bits per heavy atom. The molecule has 0 radical (unpaired) electrons. The summed E-state index contributed by atoms with van der Waals surface area (Å²) in [5.41, 5.74) is 0. The van der Waals surface area contributed by atoms with E-state index in [9.17, 15) is 13.2 Å². The Morgan fingerprint density at radius 1 is 1.21 bits per heavy atom. The molecule has 1 amide bonds. The van der Waals surface area contributed by atoms with Crippen LogP contribution in [0.2, 0.25) is 0 Å². The maximum Gasteiger partial charge on any atom is 0.242 e. The zero-order valence-electron chi connectivity index (χ0n) is 16.0. The predicted molar refractivity (Wildman–Crippen MR) is 117 cm³/mol. The van der Waals surface area contributed by atoms with Crippen molar-refractivity contribution in [2.75, 3.05) is 20.1 Å². The van der Waals surface area contributed by atoms with Gasteiger partial charge < -0.3 is 10.2 Å². The van der Waals surface area contributed by atoms with E-state index in [-0.39, 0.29) is 28.8 Å². The Balaban J connectivity index is 1.55. The number of hydrogen-bond donors (Lipinski definition) is 2. The number of hydrogen-bond acceptors (Lipinski definition) is 4. The Kier molecular flexibility index (Phi) is 7.58. The van der Waals surface area contributed by atoms with E-state index in [1.54, 1.807) is 18.2 Å². The molecule has 0 aromatic heterocycles. The molecule has 1 saturated heterocycles. The van der Waals surface area contributed by atoms with Gasteiger partial charge in [0, 0.05) is 40.0 Å². The minimum atomic E-state index is -3.63. The smallest absolute Gasteiger partial charge is 0.242 e. The summed E-state index contributed by atoms with van der Waals surface area (Å²) in [5.74, 6) is 0.291. The van der Waals surface area contributed by atoms with Crippen LogP contribution in [0.3, 0.4) is 0 Å². The van der Waals surface area contributed by atoms with E-state index in [1.165, 1.54) is 6.42 Å². The summed E-state index contributed by atoms with van der Waals surface area (Å²) in [6, 6.07) is 5.04. The van der Waals surface area contributed by atoms with Crippen molar-refractivity contribution in [3.05, 3.63) is 27.1 Å². The van der Waals surface area contributed by atoms with Gasteiger partial charge in [0.15, 0.2) is 0 Å². The molecule has 2 N–H and O–H groups in total. The number of likely N-dealkylation sites (tertiary alicyclic amines) is 1. The average molecular weight is 537 g/mol. The fourth-order valence-corrected chi connectivity index (χ4v) is 6.84. The van der Waals surface area contributed by atoms with Gasteiger partial charge in [-0.15, -0.1) is 0 Å². The quantitative estimate of drug-likeness (QED) is 0.585. The molecule has 6 nitrogen and oxygen atoms in total. The number of nitrogens with zero attached hydrogens (tertiary/aromatic N) is 1. The van der Waals surface area contributed by atoms with Crippen molar-refractivity contribution >= 4 is 47.8 Å². The molecular weight excluding hydrogens is 510 g/mol. The van der Waals surface area contributed by atoms with E-state index in [0.29, 0.717) is 28.5 Å². The van der Waals surface area contributed by atoms with E-state index >= 15 is 0 Å². The number of halogens is 2. The molecule has 28 heavy (non-hydrogen) atoms. The fraction of sp³-hybridized carbons (Fsp3) is 0.632. The largest absolute Gasteiger partial charge is 0.354 e. The molecule has 1 saturated carbocycles. The molecule has 3 rings (SSSR count). The van der Waals surface area contributed by atoms with Gasteiger partial charge in [-0.05, 0) is 60.4 Å². The van der Waals surface area contributed by atoms with Crippen LogP contribution in [0.4, 0.5) is 0 Å². The third-order valence-corrected chi connectivity index (χ3v) is 8.69. The number of carbonyl (C=O) groups is 1. The van der Waals surface area contributed by atoms with Crippen LogP contribution in [0.5, 0.6) is 0 Å². The molecule has 1 aromatic rings. The second kappa shape index (κ2) is 9.55. The second-order valence-electron chi connectivity index (χ2n) is 7.80. The fourth-order valence-electron chi connectivity index (χ4n) is 4.10. The minimum absolute atomic E-state index is 0.131. The molecule has 0 spiro atoms. The number of nitrogens with one attached hydrogen (secondary N) is 2. The van der Waals surface area contributed by atoms with Crippen LogP contribution in [0.15, 0.2) is 32.0 Å². The molecular formula is C19H27Br2N3O3S. The molecule has 1 aliphatic carbocycles. The maximum absolute atomic E-state index is 12.8. The SMILES string of the molecule is CN1C[C@H](NS(=O)(=O)c2cc(Br)ccc2Br)C[C@@H]1CNC(=O)C1CCCCC1. The summed E-state index contributed by atoms with van der Waals surface area (Å²) in [6.45, 7) is 1.18. The molecule has 156 valence electrons. The Hall–Kier alpha value is -0.480. The Bertz CT molecular complexity index is 813. The highest BCUT2D eigenvalue weighted by Crippen LogP contribution is 2.27. The summed E-state index contributed by atoms with van der Waals surface area (Å²) in [7, 11) is -1.66. The lowest BCUT2D eigenvalue weighted by Gasteiger charge is -2.24. The summed E-state index contributed by atoms with van der Waals surface area (Å²) in [6.07, 6.45) is 6.14. The van der Waals surface area contributed by atoms with Crippen molar-refractivity contribution < 1.29 is 13.2 Å². The molecule has 2 atom stereocenters. The van der Waals surface area contributed by atoms with Gasteiger partial charge >= 0.3 is 0 Å². The zero-order chi connectivity index (χ0) is 20.3. The van der Waals surface area contributed by atoms with Crippen LogP contribution in [0.1, 0.15) is 38.5 Å². The minimum Gasteiger partial charge on any atom is -0.354 e. The van der Waals surface area contributed by atoms with Crippen LogP contribution in [-0.2, 0) is 14.8 Å². The first-order valence-electron chi connectivity index (χ1n) is 9.71. The highest BCUT2D eigenvalue weighted by atomic mass is 79.9. The predicted octanol–water partition coefficient (Wildman–Crippen LogP) is 3.26. The van der Waals surface area contributed by atoms with E-state index in [2.05, 4.69) is 46.8 Å². The van der Waals surface area contributed by atoms with Crippen LogP contribution in [0.25, 0.3) is 0 Å². The third-order valence-electron chi connectivity index (χ3n) is 5.68. The molecule has 1 heterocycles. The number of carbonyl (C=O) groups excluding carboxylic acids is 1. The van der Waals surface area contributed by atoms with Crippen molar-refractivity contribution in [1.29, 1.82) is 0 Å². The average Bonchev–Trinajstić information content (AvgIpc) is 3.00. The topological polar surface area (TPSA) is 78.5 Å². The van der Waals surface area contributed by atoms with Crippen LogP contribution in [-0.4, -0.2) is 51.4 Å². The van der Waals surface area contributed by atoms with Crippen molar-refractivity contribution in [2.45, 2.75) is 55.5 Å². The van der Waals surface area contributed by atoms with Gasteiger partial charge in [-0.3, -0.25) is 4.79 Å². The molecule has 2 fully saturated rings. The van der Waals surface area contributed by atoms with Crippen molar-refractivity contribution in [3.8, 4) is 0 Å². The van der Waals surface area contributed by atoms with E-state index in [4.69, 9.17) is 0 Å². The molecule has 1 aliphatic heterocycles. The maximum atomic E-state index is 12.8. The standard InChI is InChI=1S/C19H27Br2N3O3S/c1-24-12-15(23-28(26,27)18-9-14(20)7-8-17(18)21)10-16(24)11-22-19(25)13-5-3-2-4-6-13/h7-9,13,15-16,23H,2-6,10-12H2,1H3,(H,22,25)/t15-,16-/m1/s1. The molecule has 0 unspecified atom stereocenters. The van der Waals surface area contributed by atoms with Crippen molar-refractivity contribution in [2.24, 2.45) is 5.92 Å². The second-order valence-corrected chi connectivity index (χ2v) is 11.3. The van der Waals surface area contributed by atoms with Crippen molar-refractivity contribution in [3.63, 3.8) is 0 Å². The van der Waals surface area contributed by atoms with Gasteiger partial charge in [0.25, 0.3) is 0 Å². The van der Waals surface area contributed by atoms with Gasteiger partial charge in [0.05, 0.1) is 4.90 Å². The number of benzene rings is 1. The van der Waals surface area contributed by atoms with E-state index in [1.807, 2.05) is 7.05 Å². The van der Waals surface area contributed by atoms with Crippen LogP contribution < -0.4 is 10.0 Å². The summed E-state index contributed by atoms with van der Waals surface area (Å²) < 4.78 is 29.7. The monoisotopic (exact) mass is 535 g/mol. The highest BCUT2D eigenvalue weighted by Gasteiger charge is 2.33. The van der Waals surface area contributed by atoms with Gasteiger partial charge in [-0.2, -0.15) is 0 Å². The van der Waals surface area contributed by atoms with Gasteiger partial charge in [0.2, 0.25) is 15.9 Å². The van der Waals surface area contributed by atoms with Crippen LogP contribution in [0, 0.1) is 5.92 Å². The first-order valence-corrected chi connectivity index (χ1v) is 12.8. The molecule has 0 bridgehead atoms. The highest BCUT2D eigenvalue weighted by molar-refractivity contribution is 9.11. The van der Waals surface area contributed by atoms with Gasteiger partial charge in [-0.25, -0.2) is 13.1 Å². The van der Waals surface area contributed by atoms with Gasteiger partial charge in [0.1, 0.15) is 0 Å². The number of rotatable bonds is 6. The van der Waals surface area contributed by atoms with E-state index < -0.39 is 10.0 Å². The summed E-state index contributed by atoms with van der Waals surface area (Å²) in [4.78, 5) is 14.7.